The van der Waals surface area contributed by atoms with Crippen molar-refractivity contribution in [2.75, 3.05) is 38.2 Å². The Morgan fingerprint density at radius 2 is 1.53 bits per heavy atom. The van der Waals surface area contributed by atoms with Gasteiger partial charge in [0.15, 0.2) is 0 Å². The molecule has 2 aromatic carbocycles. The Bertz CT molecular complexity index is 1230. The molecule has 7 nitrogen and oxygen atoms in total. The molecular formula is C21H19Cl3N4O3S. The topological polar surface area (TPSA) is 75.6 Å². The van der Waals surface area contributed by atoms with Crippen molar-refractivity contribution < 1.29 is 13.2 Å². The Balaban J connectivity index is 1.50. The molecule has 168 valence electrons. The van der Waals surface area contributed by atoms with Gasteiger partial charge in [-0.2, -0.15) is 4.31 Å². The van der Waals surface area contributed by atoms with Crippen LogP contribution < -0.4 is 9.64 Å². The molecule has 32 heavy (non-hydrogen) atoms. The lowest BCUT2D eigenvalue weighted by Crippen LogP contribution is -2.49. The molecule has 0 spiro atoms. The van der Waals surface area contributed by atoms with E-state index in [0.29, 0.717) is 13.1 Å². The van der Waals surface area contributed by atoms with Gasteiger partial charge in [-0.1, -0.05) is 34.8 Å². The van der Waals surface area contributed by atoms with E-state index in [-0.39, 0.29) is 33.1 Å². The molecule has 3 aromatic rings. The molecule has 1 aliphatic rings. The van der Waals surface area contributed by atoms with E-state index < -0.39 is 10.0 Å². The average Bonchev–Trinajstić information content (AvgIpc) is 2.81. The molecule has 1 saturated heterocycles. The highest BCUT2D eigenvalue weighted by Crippen LogP contribution is 2.33. The lowest BCUT2D eigenvalue weighted by Gasteiger charge is -2.34. The van der Waals surface area contributed by atoms with E-state index in [1.807, 2.05) is 35.2 Å². The minimum atomic E-state index is -3.81. The molecule has 0 bridgehead atoms. The van der Waals surface area contributed by atoms with E-state index >= 15 is 0 Å². The van der Waals surface area contributed by atoms with Crippen LogP contribution in [0.1, 0.15) is 0 Å². The van der Waals surface area contributed by atoms with Crippen molar-refractivity contribution >= 4 is 50.6 Å². The molecule has 0 unspecified atom stereocenters. The van der Waals surface area contributed by atoms with Crippen molar-refractivity contribution in [3.8, 4) is 17.0 Å². The fourth-order valence-corrected chi connectivity index (χ4v) is 5.84. The maximum atomic E-state index is 13.1. The number of methoxy groups -OCH3 is 1. The number of sulfonamides is 1. The van der Waals surface area contributed by atoms with Gasteiger partial charge in [-0.3, -0.25) is 0 Å². The molecule has 2 heterocycles. The summed E-state index contributed by atoms with van der Waals surface area (Å²) < 4.78 is 32.8. The Morgan fingerprint density at radius 3 is 2.19 bits per heavy atom. The third-order valence-electron chi connectivity index (χ3n) is 5.19. The lowest BCUT2D eigenvalue weighted by atomic mass is 10.1. The largest absolute Gasteiger partial charge is 0.497 e. The molecule has 0 N–H and O–H groups in total. The second-order valence-corrected chi connectivity index (χ2v) is 10.2. The second-order valence-electron chi connectivity index (χ2n) is 7.08. The van der Waals surface area contributed by atoms with Crippen LogP contribution >= 0.6 is 34.8 Å². The van der Waals surface area contributed by atoms with Crippen molar-refractivity contribution in [3.63, 3.8) is 0 Å². The number of nitrogens with zero attached hydrogens (tertiary/aromatic N) is 4. The summed E-state index contributed by atoms with van der Waals surface area (Å²) in [5.41, 5.74) is 1.71. The summed E-state index contributed by atoms with van der Waals surface area (Å²) in [4.78, 5) is 10.7. The number of piperazine rings is 1. The summed E-state index contributed by atoms with van der Waals surface area (Å²) >= 11 is 18.1. The smallest absolute Gasteiger partial charge is 0.244 e. The van der Waals surface area contributed by atoms with Crippen LogP contribution in [0.25, 0.3) is 11.3 Å². The first-order valence-electron chi connectivity index (χ1n) is 9.65. The zero-order valence-electron chi connectivity index (χ0n) is 17.0. The Morgan fingerprint density at radius 1 is 0.875 bits per heavy atom. The minimum absolute atomic E-state index is 0.0433. The van der Waals surface area contributed by atoms with E-state index in [2.05, 4.69) is 9.97 Å². The first kappa shape index (κ1) is 23.1. The van der Waals surface area contributed by atoms with Gasteiger partial charge in [0.25, 0.3) is 0 Å². The van der Waals surface area contributed by atoms with Crippen LogP contribution in [0.2, 0.25) is 15.1 Å². The molecule has 4 rings (SSSR count). The molecule has 0 atom stereocenters. The highest BCUT2D eigenvalue weighted by Gasteiger charge is 2.31. The van der Waals surface area contributed by atoms with Crippen molar-refractivity contribution in [2.45, 2.75) is 4.90 Å². The first-order valence-corrected chi connectivity index (χ1v) is 12.2. The highest BCUT2D eigenvalue weighted by molar-refractivity contribution is 7.89. The number of hydrogen-bond acceptors (Lipinski definition) is 6. The number of benzene rings is 2. The van der Waals surface area contributed by atoms with Crippen molar-refractivity contribution in [2.24, 2.45) is 0 Å². The van der Waals surface area contributed by atoms with Gasteiger partial charge in [-0.05, 0) is 36.4 Å². The van der Waals surface area contributed by atoms with Gasteiger partial charge in [0.05, 0.1) is 27.9 Å². The van der Waals surface area contributed by atoms with Crippen LogP contribution in [0.3, 0.4) is 0 Å². The van der Waals surface area contributed by atoms with E-state index in [9.17, 15) is 8.42 Å². The molecule has 1 aliphatic heterocycles. The molecule has 11 heteroatoms. The summed E-state index contributed by atoms with van der Waals surface area (Å²) in [6.07, 6.45) is 1.51. The number of anilines is 1. The maximum absolute atomic E-state index is 13.1. The van der Waals surface area contributed by atoms with Gasteiger partial charge in [0.1, 0.15) is 22.8 Å². The summed E-state index contributed by atoms with van der Waals surface area (Å²) in [6.45, 7) is 1.50. The number of aromatic nitrogens is 2. The number of halogens is 3. The van der Waals surface area contributed by atoms with Crippen molar-refractivity contribution in [1.29, 1.82) is 0 Å². The normalized spacial score (nSPS) is 15.1. The van der Waals surface area contributed by atoms with Crippen molar-refractivity contribution in [3.05, 3.63) is 63.9 Å². The van der Waals surface area contributed by atoms with Crippen LogP contribution in [-0.2, 0) is 10.0 Å². The van der Waals surface area contributed by atoms with Gasteiger partial charge < -0.3 is 9.64 Å². The van der Waals surface area contributed by atoms with Crippen molar-refractivity contribution in [1.82, 2.24) is 14.3 Å². The zero-order valence-corrected chi connectivity index (χ0v) is 20.1. The van der Waals surface area contributed by atoms with Gasteiger partial charge >= 0.3 is 0 Å². The second kappa shape index (κ2) is 9.41. The maximum Gasteiger partial charge on any atom is 0.244 e. The van der Waals surface area contributed by atoms with Gasteiger partial charge in [-0.25, -0.2) is 18.4 Å². The average molecular weight is 514 g/mol. The quantitative estimate of drug-likeness (QED) is 0.463. The zero-order chi connectivity index (χ0) is 22.9. The third kappa shape index (κ3) is 4.65. The molecule has 0 saturated carbocycles. The van der Waals surface area contributed by atoms with Crippen LogP contribution in [0.4, 0.5) is 5.82 Å². The van der Waals surface area contributed by atoms with E-state index in [4.69, 9.17) is 39.5 Å². The molecular weight excluding hydrogens is 495 g/mol. The fourth-order valence-electron chi connectivity index (χ4n) is 3.44. The molecule has 0 amide bonds. The summed E-state index contributed by atoms with van der Waals surface area (Å²) in [5.74, 6) is 1.50. The number of ether oxygens (including phenoxy) is 1. The van der Waals surface area contributed by atoms with Gasteiger partial charge in [0.2, 0.25) is 10.0 Å². The van der Waals surface area contributed by atoms with Crippen LogP contribution in [0, 0.1) is 0 Å². The fraction of sp³-hybridized carbons (Fsp3) is 0.238. The summed E-state index contributed by atoms with van der Waals surface area (Å²) in [6, 6.07) is 12.1. The first-order chi connectivity index (χ1) is 15.3. The van der Waals surface area contributed by atoms with E-state index in [0.717, 1.165) is 22.8 Å². The SMILES string of the molecule is COc1ccc(-c2cc(N3CCN(S(=O)(=O)c4cc(Cl)c(Cl)cc4Cl)CC3)ncn2)cc1. The van der Waals surface area contributed by atoms with Crippen LogP contribution in [0.5, 0.6) is 5.75 Å². The lowest BCUT2D eigenvalue weighted by molar-refractivity contribution is 0.384. The van der Waals surface area contributed by atoms with E-state index in [1.165, 1.54) is 22.8 Å². The summed E-state index contributed by atoms with van der Waals surface area (Å²) in [7, 11) is -2.19. The Hall–Kier alpha value is -2.10. The predicted molar refractivity (Wildman–Crippen MR) is 126 cm³/mol. The van der Waals surface area contributed by atoms with Crippen LogP contribution in [-0.4, -0.2) is 56.0 Å². The molecule has 0 aliphatic carbocycles. The minimum Gasteiger partial charge on any atom is -0.497 e. The third-order valence-corrected chi connectivity index (χ3v) is 8.28. The van der Waals surface area contributed by atoms with Gasteiger partial charge in [-0.15, -0.1) is 0 Å². The number of hydrogen-bond donors (Lipinski definition) is 0. The molecule has 0 radical (unpaired) electrons. The predicted octanol–water partition coefficient (Wildman–Crippen LogP) is 4.62. The standard InChI is InChI=1S/C21H19Cl3N4O3S/c1-31-15-4-2-14(3-5-15)19-12-21(26-13-25-19)27-6-8-28(9-7-27)32(29,30)20-11-17(23)16(22)10-18(20)24/h2-5,10-13H,6-9H2,1H3. The van der Waals surface area contributed by atoms with E-state index in [1.54, 1.807) is 7.11 Å². The molecule has 1 aromatic heterocycles. The van der Waals surface area contributed by atoms with Crippen LogP contribution in [0.15, 0.2) is 53.7 Å². The Kier molecular flexibility index (Phi) is 6.78. The summed E-state index contributed by atoms with van der Waals surface area (Å²) in [5, 5.41) is 0.388. The number of rotatable bonds is 5. The van der Waals surface area contributed by atoms with Gasteiger partial charge in [0, 0.05) is 37.8 Å². The highest BCUT2D eigenvalue weighted by atomic mass is 35.5. The monoisotopic (exact) mass is 512 g/mol. The Labute approximate surface area is 201 Å². The molecule has 1 fully saturated rings.